The first kappa shape index (κ1) is 21.7. The van der Waals surface area contributed by atoms with Crippen molar-refractivity contribution in [2.75, 3.05) is 36.8 Å². The second-order valence-corrected chi connectivity index (χ2v) is 8.43. The summed E-state index contributed by atoms with van der Waals surface area (Å²) in [4.78, 5) is 17.2. The Hall–Kier alpha value is -1.97. The number of aromatic nitrogens is 3. The molecule has 0 saturated carbocycles. The first-order valence-corrected chi connectivity index (χ1v) is 10.4. The number of nitrogens with zero attached hydrogens (tertiary/aromatic N) is 4. The molecule has 0 amide bonds. The zero-order valence-corrected chi connectivity index (χ0v) is 18.6. The van der Waals surface area contributed by atoms with Gasteiger partial charge < -0.3 is 16.0 Å². The second-order valence-electron chi connectivity index (χ2n) is 6.39. The number of anilines is 2. The van der Waals surface area contributed by atoms with E-state index in [-0.39, 0.29) is 24.8 Å². The van der Waals surface area contributed by atoms with E-state index in [9.17, 15) is 0 Å². The average molecular weight is 467 g/mol. The van der Waals surface area contributed by atoms with Crippen LogP contribution in [0.5, 0.6) is 0 Å². The highest BCUT2D eigenvalue weighted by Gasteiger charge is 2.16. The van der Waals surface area contributed by atoms with E-state index in [1.165, 1.54) is 0 Å². The van der Waals surface area contributed by atoms with Gasteiger partial charge in [0.15, 0.2) is 5.13 Å². The van der Waals surface area contributed by atoms with E-state index in [4.69, 9.17) is 10.7 Å². The Morgan fingerprint density at radius 2 is 1.79 bits per heavy atom. The lowest BCUT2D eigenvalue weighted by Gasteiger charge is -2.26. The first-order valence-electron chi connectivity index (χ1n) is 8.81. The molecule has 0 atom stereocenters. The molecule has 4 heterocycles. The van der Waals surface area contributed by atoms with Crippen molar-refractivity contribution < 1.29 is 0 Å². The van der Waals surface area contributed by atoms with Gasteiger partial charge in [-0.05, 0) is 18.2 Å². The van der Waals surface area contributed by atoms with Gasteiger partial charge in [0.2, 0.25) is 0 Å². The topological polar surface area (TPSA) is 80.0 Å². The Labute approximate surface area is 189 Å². The van der Waals surface area contributed by atoms with Gasteiger partial charge in [-0.3, -0.25) is 0 Å². The van der Waals surface area contributed by atoms with E-state index >= 15 is 0 Å². The largest absolute Gasteiger partial charge is 0.383 e. The van der Waals surface area contributed by atoms with E-state index in [0.29, 0.717) is 5.82 Å². The monoisotopic (exact) mass is 466 g/mol. The second kappa shape index (κ2) is 9.23. The smallest absolute Gasteiger partial charge is 0.185 e. The van der Waals surface area contributed by atoms with Crippen molar-refractivity contribution >= 4 is 68.7 Å². The maximum absolute atomic E-state index is 6.17. The maximum Gasteiger partial charge on any atom is 0.185 e. The Bertz CT molecular complexity index is 1070. The molecule has 0 unspecified atom stereocenters. The summed E-state index contributed by atoms with van der Waals surface area (Å²) < 4.78 is 1.15. The zero-order valence-electron chi connectivity index (χ0n) is 15.4. The molecular weight excluding hydrogens is 447 g/mol. The minimum Gasteiger partial charge on any atom is -0.383 e. The zero-order chi connectivity index (χ0) is 18.2. The summed E-state index contributed by atoms with van der Waals surface area (Å²) in [5.41, 5.74) is 9.06. The highest BCUT2D eigenvalue weighted by Crippen LogP contribution is 2.37. The molecule has 29 heavy (non-hydrogen) atoms. The number of fused-ring (bicyclic) bond motifs is 1. The van der Waals surface area contributed by atoms with Crippen LogP contribution in [-0.4, -0.2) is 41.1 Å². The molecule has 1 fully saturated rings. The van der Waals surface area contributed by atoms with Crippen LogP contribution in [0.4, 0.5) is 10.9 Å². The van der Waals surface area contributed by atoms with Crippen LogP contribution in [0.1, 0.15) is 0 Å². The third-order valence-electron chi connectivity index (χ3n) is 4.61. The molecule has 152 valence electrons. The number of nitrogen functional groups attached to an aromatic ring is 1. The molecule has 0 spiro atoms. The minimum atomic E-state index is 0. The third-order valence-corrected chi connectivity index (χ3v) is 6.79. The number of nitrogens with two attached hydrogens (primary N) is 1. The van der Waals surface area contributed by atoms with Crippen LogP contribution in [0, 0.1) is 0 Å². The number of para-hydroxylation sites is 1. The van der Waals surface area contributed by atoms with Crippen molar-refractivity contribution in [1.82, 2.24) is 20.3 Å². The van der Waals surface area contributed by atoms with Crippen LogP contribution in [-0.2, 0) is 0 Å². The first-order chi connectivity index (χ1) is 13.3. The van der Waals surface area contributed by atoms with Gasteiger partial charge >= 0.3 is 0 Å². The van der Waals surface area contributed by atoms with Crippen molar-refractivity contribution in [3.8, 4) is 21.0 Å². The fraction of sp³-hybridized carbons (Fsp3) is 0.211. The summed E-state index contributed by atoms with van der Waals surface area (Å²) in [5.74, 6) is 0.504. The van der Waals surface area contributed by atoms with Gasteiger partial charge in [-0.25, -0.2) is 15.0 Å². The predicted octanol–water partition coefficient (Wildman–Crippen LogP) is 4.32. The fourth-order valence-corrected chi connectivity index (χ4v) is 5.11. The number of hydrogen-bond acceptors (Lipinski definition) is 8. The molecule has 3 N–H and O–H groups in total. The molecule has 1 saturated heterocycles. The molecule has 5 rings (SSSR count). The lowest BCUT2D eigenvalue weighted by Crippen LogP contribution is -2.43. The van der Waals surface area contributed by atoms with E-state index in [2.05, 4.69) is 32.3 Å². The van der Waals surface area contributed by atoms with E-state index < -0.39 is 0 Å². The normalized spacial score (nSPS) is 13.7. The van der Waals surface area contributed by atoms with Crippen LogP contribution >= 0.6 is 47.5 Å². The third kappa shape index (κ3) is 4.31. The van der Waals surface area contributed by atoms with E-state index in [0.717, 1.165) is 62.5 Å². The summed E-state index contributed by atoms with van der Waals surface area (Å²) in [6, 6.07) is 10.2. The van der Waals surface area contributed by atoms with Gasteiger partial charge in [0.25, 0.3) is 0 Å². The van der Waals surface area contributed by atoms with Crippen molar-refractivity contribution in [2.45, 2.75) is 0 Å². The molecule has 1 aliphatic rings. The number of piperazine rings is 1. The van der Waals surface area contributed by atoms with Crippen LogP contribution in [0.3, 0.4) is 0 Å². The molecular formula is C19H20Cl2N6S2. The van der Waals surface area contributed by atoms with Crippen LogP contribution in [0.15, 0.2) is 42.7 Å². The summed E-state index contributed by atoms with van der Waals surface area (Å²) in [6.45, 7) is 3.98. The number of nitrogens with one attached hydrogen (secondary N) is 1. The summed E-state index contributed by atoms with van der Waals surface area (Å²) >= 11 is 3.33. The molecule has 0 aliphatic carbocycles. The number of hydrogen-bond donors (Lipinski definition) is 2. The van der Waals surface area contributed by atoms with Crippen LogP contribution < -0.4 is 16.0 Å². The molecule has 1 aromatic carbocycles. The number of pyridine rings is 1. The molecule has 6 nitrogen and oxygen atoms in total. The number of thiazole rings is 2. The molecule has 3 aromatic heterocycles. The SMILES string of the molecule is Cl.Cl.Nc1ncc(-c2cnc(N3CCNCC3)s2)cc1-c1nc2ccccc2s1. The standard InChI is InChI=1S/C19H18N6S2.2ClH/c20-17-13(18-24-14-3-1-2-4-15(14)26-18)9-12(10-22-17)16-11-23-19(27-16)25-7-5-21-6-8-25;;/h1-4,9-11,21H,5-8H2,(H2,20,22);2*1H. The van der Waals surface area contributed by atoms with Gasteiger partial charge in [0.1, 0.15) is 10.8 Å². The summed E-state index contributed by atoms with van der Waals surface area (Å²) in [6.07, 6.45) is 3.75. The maximum atomic E-state index is 6.17. The van der Waals surface area contributed by atoms with Gasteiger partial charge in [0.05, 0.1) is 20.7 Å². The molecule has 1 aliphatic heterocycles. The quantitative estimate of drug-likeness (QED) is 0.467. The molecule has 10 heteroatoms. The van der Waals surface area contributed by atoms with E-state index in [1.807, 2.05) is 30.6 Å². The van der Waals surface area contributed by atoms with Crippen molar-refractivity contribution in [2.24, 2.45) is 0 Å². The highest BCUT2D eigenvalue weighted by atomic mass is 35.5. The summed E-state index contributed by atoms with van der Waals surface area (Å²) in [5, 5.41) is 5.33. The fourth-order valence-electron chi connectivity index (χ4n) is 3.17. The van der Waals surface area contributed by atoms with Gasteiger partial charge in [-0.15, -0.1) is 36.2 Å². The Morgan fingerprint density at radius 1 is 1.00 bits per heavy atom. The van der Waals surface area contributed by atoms with Gasteiger partial charge in [-0.1, -0.05) is 23.5 Å². The van der Waals surface area contributed by atoms with Crippen LogP contribution in [0.2, 0.25) is 0 Å². The Morgan fingerprint density at radius 3 is 2.59 bits per heavy atom. The number of benzene rings is 1. The minimum absolute atomic E-state index is 0. The van der Waals surface area contributed by atoms with Gasteiger partial charge in [-0.2, -0.15) is 0 Å². The number of halogens is 2. The summed E-state index contributed by atoms with van der Waals surface area (Å²) in [7, 11) is 0. The molecule has 0 radical (unpaired) electrons. The lowest BCUT2D eigenvalue weighted by atomic mass is 10.2. The van der Waals surface area contributed by atoms with Crippen molar-refractivity contribution in [3.05, 3.63) is 42.7 Å². The lowest BCUT2D eigenvalue weighted by molar-refractivity contribution is 0.588. The molecule has 4 aromatic rings. The van der Waals surface area contributed by atoms with Gasteiger partial charge in [0, 0.05) is 44.1 Å². The highest BCUT2D eigenvalue weighted by molar-refractivity contribution is 7.21. The predicted molar refractivity (Wildman–Crippen MR) is 128 cm³/mol. The molecule has 0 bridgehead atoms. The Balaban J connectivity index is 0.00000120. The Kier molecular flexibility index (Phi) is 6.92. The van der Waals surface area contributed by atoms with Crippen molar-refractivity contribution in [3.63, 3.8) is 0 Å². The average Bonchev–Trinajstić information content (AvgIpc) is 3.36. The van der Waals surface area contributed by atoms with Crippen LogP contribution in [0.25, 0.3) is 31.2 Å². The number of rotatable bonds is 3. The van der Waals surface area contributed by atoms with E-state index in [1.54, 1.807) is 22.7 Å². The van der Waals surface area contributed by atoms with Crippen molar-refractivity contribution in [1.29, 1.82) is 0 Å².